The third-order valence-corrected chi connectivity index (χ3v) is 5.62. The Morgan fingerprint density at radius 1 is 1.10 bits per heavy atom. The summed E-state index contributed by atoms with van der Waals surface area (Å²) in [6.45, 7) is 2.25. The van der Waals surface area contributed by atoms with E-state index in [9.17, 15) is 8.42 Å². The summed E-state index contributed by atoms with van der Waals surface area (Å²) < 4.78 is 26.5. The molecular weight excluding hydrogens is 272 g/mol. The lowest BCUT2D eigenvalue weighted by Gasteiger charge is -2.25. The average molecular weight is 296 g/mol. The summed E-state index contributed by atoms with van der Waals surface area (Å²) in [5.74, 6) is 0.572. The van der Waals surface area contributed by atoms with Crippen LogP contribution < -0.4 is 10.0 Å². The van der Waals surface area contributed by atoms with Crippen molar-refractivity contribution in [2.75, 3.05) is 12.4 Å². The van der Waals surface area contributed by atoms with E-state index in [2.05, 4.69) is 17.0 Å². The second-order valence-corrected chi connectivity index (χ2v) is 7.42. The van der Waals surface area contributed by atoms with E-state index in [0.717, 1.165) is 6.42 Å². The number of hydrogen-bond acceptors (Lipinski definition) is 3. The van der Waals surface area contributed by atoms with Crippen molar-refractivity contribution in [2.45, 2.75) is 50.0 Å². The highest BCUT2D eigenvalue weighted by molar-refractivity contribution is 7.89. The van der Waals surface area contributed by atoms with Crippen molar-refractivity contribution in [1.29, 1.82) is 0 Å². The van der Waals surface area contributed by atoms with Gasteiger partial charge in [0.1, 0.15) is 4.90 Å². The molecule has 0 spiro atoms. The first-order valence-electron chi connectivity index (χ1n) is 7.33. The largest absolute Gasteiger partial charge is 0.381 e. The fourth-order valence-electron chi connectivity index (χ4n) is 2.84. The Hall–Kier alpha value is -1.07. The quantitative estimate of drug-likeness (QED) is 0.840. The van der Waals surface area contributed by atoms with Gasteiger partial charge in [-0.25, -0.2) is 13.1 Å². The molecule has 5 heteroatoms. The van der Waals surface area contributed by atoms with Gasteiger partial charge in [-0.05, 0) is 37.9 Å². The topological polar surface area (TPSA) is 58.2 Å². The molecule has 0 aliphatic heterocycles. The minimum absolute atomic E-state index is 0.332. The maximum Gasteiger partial charge on any atom is 0.242 e. The molecule has 4 nitrogen and oxygen atoms in total. The zero-order valence-corrected chi connectivity index (χ0v) is 13.0. The smallest absolute Gasteiger partial charge is 0.242 e. The predicted octanol–water partition coefficient (Wildman–Crippen LogP) is 2.98. The van der Waals surface area contributed by atoms with Gasteiger partial charge in [-0.15, -0.1) is 0 Å². The molecule has 1 aliphatic carbocycles. The van der Waals surface area contributed by atoms with E-state index in [4.69, 9.17) is 0 Å². The van der Waals surface area contributed by atoms with Gasteiger partial charge in [0.15, 0.2) is 0 Å². The SMILES string of the molecule is CNS(=O)(=O)c1ccccc1NC1CCCCCC1C. The third-order valence-electron chi connectivity index (χ3n) is 4.15. The van der Waals surface area contributed by atoms with Gasteiger partial charge < -0.3 is 5.32 Å². The van der Waals surface area contributed by atoms with Crippen LogP contribution in [0.5, 0.6) is 0 Å². The van der Waals surface area contributed by atoms with Gasteiger partial charge in [-0.2, -0.15) is 0 Å². The number of rotatable bonds is 4. The van der Waals surface area contributed by atoms with Crippen molar-refractivity contribution in [3.8, 4) is 0 Å². The molecule has 2 unspecified atom stereocenters. The van der Waals surface area contributed by atoms with Crippen LogP contribution in [0.15, 0.2) is 29.2 Å². The van der Waals surface area contributed by atoms with Crippen molar-refractivity contribution in [3.05, 3.63) is 24.3 Å². The number of sulfonamides is 1. The minimum Gasteiger partial charge on any atom is -0.381 e. The van der Waals surface area contributed by atoms with Gasteiger partial charge in [-0.3, -0.25) is 0 Å². The molecular formula is C15H24N2O2S. The summed E-state index contributed by atoms with van der Waals surface area (Å²) in [5, 5.41) is 3.46. The van der Waals surface area contributed by atoms with Crippen LogP contribution in [0.2, 0.25) is 0 Å². The Balaban J connectivity index is 2.25. The molecule has 1 saturated carbocycles. The molecule has 2 atom stereocenters. The molecule has 0 saturated heterocycles. The summed E-state index contributed by atoms with van der Waals surface area (Å²) in [7, 11) is -1.97. The van der Waals surface area contributed by atoms with Crippen LogP contribution in [0, 0.1) is 5.92 Å². The van der Waals surface area contributed by atoms with Gasteiger partial charge >= 0.3 is 0 Å². The highest BCUT2D eigenvalue weighted by atomic mass is 32.2. The third kappa shape index (κ3) is 3.52. The second kappa shape index (κ2) is 6.59. The summed E-state index contributed by atoms with van der Waals surface area (Å²) in [4.78, 5) is 0.332. The van der Waals surface area contributed by atoms with Crippen LogP contribution in [-0.4, -0.2) is 21.5 Å². The van der Waals surface area contributed by atoms with E-state index >= 15 is 0 Å². The van der Waals surface area contributed by atoms with Crippen LogP contribution in [0.1, 0.15) is 39.0 Å². The van der Waals surface area contributed by atoms with Crippen molar-refractivity contribution in [3.63, 3.8) is 0 Å². The van der Waals surface area contributed by atoms with Crippen molar-refractivity contribution in [1.82, 2.24) is 4.72 Å². The van der Waals surface area contributed by atoms with Crippen LogP contribution in [-0.2, 0) is 10.0 Å². The standard InChI is InChI=1S/C15H24N2O2S/c1-12-8-4-3-5-9-13(12)17-14-10-6-7-11-15(14)20(18,19)16-2/h6-7,10-13,16-17H,3-5,8-9H2,1-2H3. The molecule has 2 N–H and O–H groups in total. The molecule has 0 amide bonds. The maximum absolute atomic E-state index is 12.1. The van der Waals surface area contributed by atoms with Crippen LogP contribution in [0.25, 0.3) is 0 Å². The molecule has 0 bridgehead atoms. The molecule has 1 aromatic carbocycles. The summed E-state index contributed by atoms with van der Waals surface area (Å²) in [5.41, 5.74) is 0.709. The van der Waals surface area contributed by atoms with Crippen LogP contribution >= 0.6 is 0 Å². The number of benzene rings is 1. The van der Waals surface area contributed by atoms with E-state index in [1.807, 2.05) is 12.1 Å². The number of para-hydroxylation sites is 1. The predicted molar refractivity (Wildman–Crippen MR) is 82.3 cm³/mol. The average Bonchev–Trinajstić information content (AvgIpc) is 2.65. The Morgan fingerprint density at radius 2 is 1.80 bits per heavy atom. The van der Waals surface area contributed by atoms with Gasteiger partial charge in [0.25, 0.3) is 0 Å². The summed E-state index contributed by atoms with van der Waals surface area (Å²) in [6, 6.07) is 7.48. The molecule has 2 rings (SSSR count). The molecule has 1 fully saturated rings. The van der Waals surface area contributed by atoms with E-state index in [1.54, 1.807) is 12.1 Å². The Kier molecular flexibility index (Phi) is 5.05. The van der Waals surface area contributed by atoms with Crippen LogP contribution in [0.3, 0.4) is 0 Å². The van der Waals surface area contributed by atoms with E-state index in [-0.39, 0.29) is 0 Å². The molecule has 20 heavy (non-hydrogen) atoms. The Morgan fingerprint density at radius 3 is 2.55 bits per heavy atom. The molecule has 0 aromatic heterocycles. The normalized spacial score (nSPS) is 24.1. The van der Waals surface area contributed by atoms with E-state index in [1.165, 1.54) is 32.7 Å². The molecule has 112 valence electrons. The first kappa shape index (κ1) is 15.3. The van der Waals surface area contributed by atoms with Crippen molar-refractivity contribution >= 4 is 15.7 Å². The molecule has 0 heterocycles. The van der Waals surface area contributed by atoms with E-state index < -0.39 is 10.0 Å². The second-order valence-electron chi connectivity index (χ2n) is 5.57. The minimum atomic E-state index is -3.42. The fourth-order valence-corrected chi connectivity index (χ4v) is 3.73. The summed E-state index contributed by atoms with van der Waals surface area (Å²) >= 11 is 0. The first-order valence-corrected chi connectivity index (χ1v) is 8.82. The lowest BCUT2D eigenvalue weighted by Crippen LogP contribution is -2.28. The van der Waals surface area contributed by atoms with E-state index in [0.29, 0.717) is 22.5 Å². The lowest BCUT2D eigenvalue weighted by atomic mass is 9.97. The molecule has 0 radical (unpaired) electrons. The number of anilines is 1. The Bertz CT molecular complexity index is 543. The van der Waals surface area contributed by atoms with Crippen molar-refractivity contribution in [2.24, 2.45) is 5.92 Å². The number of nitrogens with one attached hydrogen (secondary N) is 2. The zero-order valence-electron chi connectivity index (χ0n) is 12.2. The van der Waals surface area contributed by atoms with Gasteiger partial charge in [0.2, 0.25) is 10.0 Å². The highest BCUT2D eigenvalue weighted by Gasteiger charge is 2.23. The molecule has 1 aliphatic rings. The first-order chi connectivity index (χ1) is 9.54. The Labute approximate surface area is 122 Å². The van der Waals surface area contributed by atoms with Gasteiger partial charge in [0.05, 0.1) is 5.69 Å². The zero-order chi connectivity index (χ0) is 14.6. The fraction of sp³-hybridized carbons (Fsp3) is 0.600. The van der Waals surface area contributed by atoms with Crippen LogP contribution in [0.4, 0.5) is 5.69 Å². The van der Waals surface area contributed by atoms with Gasteiger partial charge in [-0.1, -0.05) is 38.3 Å². The lowest BCUT2D eigenvalue weighted by molar-refractivity contribution is 0.456. The maximum atomic E-state index is 12.1. The number of hydrogen-bond donors (Lipinski definition) is 2. The highest BCUT2D eigenvalue weighted by Crippen LogP contribution is 2.28. The van der Waals surface area contributed by atoms with Crippen molar-refractivity contribution < 1.29 is 8.42 Å². The monoisotopic (exact) mass is 296 g/mol. The molecule has 1 aromatic rings. The van der Waals surface area contributed by atoms with Gasteiger partial charge in [0, 0.05) is 6.04 Å². The summed E-state index contributed by atoms with van der Waals surface area (Å²) in [6.07, 6.45) is 6.07.